The lowest BCUT2D eigenvalue weighted by atomic mass is 9.76. The van der Waals surface area contributed by atoms with Crippen molar-refractivity contribution in [2.24, 2.45) is 10.8 Å². The van der Waals surface area contributed by atoms with Gasteiger partial charge in [-0.1, -0.05) is 25.7 Å². The molecule has 1 aromatic heterocycles. The molecule has 0 unspecified atom stereocenters. The van der Waals surface area contributed by atoms with Gasteiger partial charge in [0.25, 0.3) is 0 Å². The number of piperidine rings is 1. The molecule has 0 atom stereocenters. The number of aromatic nitrogens is 2. The highest BCUT2D eigenvalue weighted by Gasteiger charge is 2.44. The third-order valence-electron chi connectivity index (χ3n) is 10.5. The maximum atomic E-state index is 12.9. The van der Waals surface area contributed by atoms with Gasteiger partial charge in [-0.25, -0.2) is 9.97 Å². The van der Waals surface area contributed by atoms with E-state index >= 15 is 0 Å². The quantitative estimate of drug-likeness (QED) is 0.167. The lowest BCUT2D eigenvalue weighted by molar-refractivity contribution is -0.154. The Labute approximate surface area is 280 Å². The van der Waals surface area contributed by atoms with Crippen LogP contribution in [0.15, 0.2) is 18.5 Å². The van der Waals surface area contributed by atoms with E-state index in [1.807, 2.05) is 6.07 Å². The molecule has 2 saturated heterocycles. The Morgan fingerprint density at radius 3 is 2.11 bits per heavy atom. The second-order valence-corrected chi connectivity index (χ2v) is 13.9. The highest BCUT2D eigenvalue weighted by molar-refractivity contribution is 5.98. The molecule has 3 amide bonds. The van der Waals surface area contributed by atoms with Gasteiger partial charge in [-0.05, 0) is 74.8 Å². The van der Waals surface area contributed by atoms with Crippen molar-refractivity contribution in [1.82, 2.24) is 25.1 Å². The first-order valence-electron chi connectivity index (χ1n) is 17.4. The van der Waals surface area contributed by atoms with Crippen LogP contribution in [0.5, 0.6) is 0 Å². The summed E-state index contributed by atoms with van der Waals surface area (Å²) >= 11 is 0. The van der Waals surface area contributed by atoms with Crippen molar-refractivity contribution >= 4 is 42.0 Å². The van der Waals surface area contributed by atoms with Crippen LogP contribution >= 0.6 is 12.4 Å². The topological polar surface area (TPSA) is 125 Å². The lowest BCUT2D eigenvalue weighted by Gasteiger charge is -2.37. The number of piperazine rings is 1. The number of hydrogen-bond donors (Lipinski definition) is 1. The molecule has 2 aliphatic heterocycles. The van der Waals surface area contributed by atoms with Crippen LogP contribution in [0.2, 0.25) is 0 Å². The maximum absolute atomic E-state index is 12.9. The summed E-state index contributed by atoms with van der Waals surface area (Å²) in [7, 11) is 0. The van der Waals surface area contributed by atoms with Crippen LogP contribution in [0.4, 0.5) is 5.95 Å². The Balaban J connectivity index is 0.00000480. The highest BCUT2D eigenvalue weighted by Crippen LogP contribution is 2.47. The molecule has 2 saturated carbocycles. The first kappa shape index (κ1) is 36.1. The van der Waals surface area contributed by atoms with Gasteiger partial charge in [0.15, 0.2) is 0 Å². The third-order valence-corrected chi connectivity index (χ3v) is 10.5. The van der Waals surface area contributed by atoms with Crippen LogP contribution < -0.4 is 10.2 Å². The zero-order valence-corrected chi connectivity index (χ0v) is 28.2. The molecule has 0 bridgehead atoms. The number of unbranched alkanes of at least 4 members (excludes halogenated alkanes) is 2. The molecule has 0 radical (unpaired) electrons. The fraction of sp³-hybridized carbons (Fsp3) is 0.765. The van der Waals surface area contributed by atoms with Crippen LogP contribution in [-0.4, -0.2) is 95.9 Å². The number of imide groups is 1. The number of hydrogen-bond acceptors (Lipinski definition) is 9. The SMILES string of the molecule is Cl.O=C(CC1(CC(=O)OCCCCN2C(=O)CC3(CCCC3)CC2=O)CCCC1)NCCCCN1CCN(c2ncccn2)CC1. The molecule has 12 heteroatoms. The third kappa shape index (κ3) is 10.1. The zero-order chi connectivity index (χ0) is 31.5. The van der Waals surface area contributed by atoms with E-state index in [1.54, 1.807) is 12.4 Å². The summed E-state index contributed by atoms with van der Waals surface area (Å²) in [5, 5.41) is 3.09. The average molecular weight is 661 g/mol. The number of halogens is 1. The second kappa shape index (κ2) is 17.4. The van der Waals surface area contributed by atoms with Gasteiger partial charge in [-0.2, -0.15) is 0 Å². The number of anilines is 1. The van der Waals surface area contributed by atoms with E-state index in [-0.39, 0.29) is 60.0 Å². The molecule has 1 spiro atoms. The van der Waals surface area contributed by atoms with E-state index < -0.39 is 0 Å². The van der Waals surface area contributed by atoms with Gasteiger partial charge in [-0.15, -0.1) is 12.4 Å². The maximum Gasteiger partial charge on any atom is 0.306 e. The number of rotatable bonds is 15. The molecule has 1 aromatic rings. The largest absolute Gasteiger partial charge is 0.466 e. The summed E-state index contributed by atoms with van der Waals surface area (Å²) in [6.07, 6.45) is 16.4. The molecule has 4 aliphatic rings. The van der Waals surface area contributed by atoms with Gasteiger partial charge >= 0.3 is 5.97 Å². The normalized spacial score (nSPS) is 21.0. The number of carbonyl (C=O) groups excluding carboxylic acids is 4. The summed E-state index contributed by atoms with van der Waals surface area (Å²) in [6.45, 7) is 6.16. The minimum atomic E-state index is -0.313. The monoisotopic (exact) mass is 660 g/mol. The standard InChI is InChI=1S/C34H52N6O5.ClH/c41-28(35-14-5-6-17-38-19-21-39(22-20-38)32-36-15-9-16-37-32)24-33(10-1-2-11-33)27-31(44)45-23-8-7-18-40-29(42)25-34(26-30(40)43)12-3-4-13-34;/h9,15-16H,1-8,10-14,17-27H2,(H,35,41);1H. The van der Waals surface area contributed by atoms with Crippen molar-refractivity contribution in [1.29, 1.82) is 0 Å². The summed E-state index contributed by atoms with van der Waals surface area (Å²) in [5.41, 5.74) is -0.393. The summed E-state index contributed by atoms with van der Waals surface area (Å²) in [4.78, 5) is 65.7. The zero-order valence-electron chi connectivity index (χ0n) is 27.4. The molecule has 2 aliphatic carbocycles. The van der Waals surface area contributed by atoms with E-state index in [4.69, 9.17) is 4.74 Å². The van der Waals surface area contributed by atoms with Gasteiger partial charge in [0.2, 0.25) is 23.7 Å². The van der Waals surface area contributed by atoms with Crippen LogP contribution in [0.1, 0.15) is 103 Å². The number of ether oxygens (including phenoxy) is 1. The van der Waals surface area contributed by atoms with Crippen molar-refractivity contribution < 1.29 is 23.9 Å². The number of nitrogens with zero attached hydrogens (tertiary/aromatic N) is 5. The first-order valence-corrected chi connectivity index (χ1v) is 17.4. The summed E-state index contributed by atoms with van der Waals surface area (Å²) in [6, 6.07) is 1.83. The molecular formula is C34H53ClN6O5. The fourth-order valence-electron chi connectivity index (χ4n) is 7.94. The van der Waals surface area contributed by atoms with Gasteiger partial charge in [0.05, 0.1) is 13.0 Å². The van der Waals surface area contributed by atoms with Gasteiger partial charge in [-0.3, -0.25) is 29.0 Å². The molecule has 1 N–H and O–H groups in total. The van der Waals surface area contributed by atoms with E-state index in [1.165, 1.54) is 4.90 Å². The molecular weight excluding hydrogens is 608 g/mol. The summed E-state index contributed by atoms with van der Waals surface area (Å²) in [5.74, 6) is 0.485. The number of esters is 1. The van der Waals surface area contributed by atoms with Crippen molar-refractivity contribution in [3.05, 3.63) is 18.5 Å². The number of carbonyl (C=O) groups is 4. The van der Waals surface area contributed by atoms with Crippen molar-refractivity contribution in [2.45, 2.75) is 103 Å². The minimum Gasteiger partial charge on any atom is -0.466 e. The molecule has 5 rings (SSSR count). The lowest BCUT2D eigenvalue weighted by Crippen LogP contribution is -2.47. The predicted molar refractivity (Wildman–Crippen MR) is 177 cm³/mol. The Morgan fingerprint density at radius 1 is 0.804 bits per heavy atom. The fourth-order valence-corrected chi connectivity index (χ4v) is 7.94. The molecule has 3 heterocycles. The molecule has 11 nitrogen and oxygen atoms in total. The van der Waals surface area contributed by atoms with E-state index in [0.29, 0.717) is 45.2 Å². The first-order chi connectivity index (χ1) is 21.9. The van der Waals surface area contributed by atoms with Gasteiger partial charge in [0, 0.05) is 70.9 Å². The number of likely N-dealkylation sites (tertiary alicyclic amines) is 1. The van der Waals surface area contributed by atoms with Gasteiger partial charge in [0.1, 0.15) is 0 Å². The Kier molecular flexibility index (Phi) is 13.6. The highest BCUT2D eigenvalue weighted by atomic mass is 35.5. The Hall–Kier alpha value is -2.79. The minimum absolute atomic E-state index is 0. The van der Waals surface area contributed by atoms with Crippen molar-refractivity contribution in [3.63, 3.8) is 0 Å². The van der Waals surface area contributed by atoms with Crippen LogP contribution in [0, 0.1) is 10.8 Å². The molecule has 256 valence electrons. The Bertz CT molecular complexity index is 1130. The molecule has 46 heavy (non-hydrogen) atoms. The van der Waals surface area contributed by atoms with Crippen LogP contribution in [0.25, 0.3) is 0 Å². The van der Waals surface area contributed by atoms with E-state index in [2.05, 4.69) is 25.1 Å². The summed E-state index contributed by atoms with van der Waals surface area (Å²) < 4.78 is 5.56. The molecule has 0 aromatic carbocycles. The second-order valence-electron chi connectivity index (χ2n) is 13.9. The van der Waals surface area contributed by atoms with Crippen molar-refractivity contribution in [2.75, 3.05) is 57.3 Å². The van der Waals surface area contributed by atoms with E-state index in [0.717, 1.165) is 103 Å². The number of nitrogens with one attached hydrogen (secondary N) is 1. The molecule has 4 fully saturated rings. The van der Waals surface area contributed by atoms with Crippen LogP contribution in [-0.2, 0) is 23.9 Å². The number of amides is 3. The predicted octanol–water partition coefficient (Wildman–Crippen LogP) is 4.29. The van der Waals surface area contributed by atoms with Crippen molar-refractivity contribution in [3.8, 4) is 0 Å². The smallest absolute Gasteiger partial charge is 0.306 e. The Morgan fingerprint density at radius 2 is 1.43 bits per heavy atom. The van der Waals surface area contributed by atoms with E-state index in [9.17, 15) is 19.2 Å². The average Bonchev–Trinajstić information content (AvgIpc) is 3.68. The van der Waals surface area contributed by atoms with Gasteiger partial charge < -0.3 is 15.0 Å². The van der Waals surface area contributed by atoms with Crippen LogP contribution in [0.3, 0.4) is 0 Å².